The van der Waals surface area contributed by atoms with Gasteiger partial charge < -0.3 is 0 Å². The van der Waals surface area contributed by atoms with Gasteiger partial charge in [0.2, 0.25) is 0 Å². The average Bonchev–Trinajstić information content (AvgIpc) is 2.45. The highest BCUT2D eigenvalue weighted by molar-refractivity contribution is 7.10. The largest absolute Gasteiger partial charge is 0.245 e. The third kappa shape index (κ3) is 1.80. The van der Waals surface area contributed by atoms with E-state index in [-0.39, 0.29) is 0 Å². The molecule has 0 saturated heterocycles. The van der Waals surface area contributed by atoms with Crippen LogP contribution in [0.4, 0.5) is 0 Å². The molecule has 1 aromatic heterocycles. The smallest absolute Gasteiger partial charge is 0.0811 e. The zero-order valence-electron chi connectivity index (χ0n) is 8.87. The van der Waals surface area contributed by atoms with Gasteiger partial charge in [0.15, 0.2) is 0 Å². The zero-order valence-corrected chi connectivity index (χ0v) is 9.69. The van der Waals surface area contributed by atoms with Crippen LogP contribution in [0.3, 0.4) is 0 Å². The van der Waals surface area contributed by atoms with Crippen molar-refractivity contribution in [3.8, 4) is 0 Å². The molecule has 2 heteroatoms. The first kappa shape index (κ1) is 9.66. The third-order valence-corrected chi connectivity index (χ3v) is 3.34. The molecule has 1 heterocycles. The Kier molecular flexibility index (Phi) is 2.55. The van der Waals surface area contributed by atoms with E-state index in [2.05, 4.69) is 37.9 Å². The van der Waals surface area contributed by atoms with E-state index in [9.17, 15) is 0 Å². The lowest BCUT2D eigenvalue weighted by atomic mass is 9.97. The highest BCUT2D eigenvalue weighted by Gasteiger charge is 2.11. The number of fused-ring (bicyclic) bond motifs is 1. The zero-order chi connectivity index (χ0) is 10.1. The molecule has 1 nitrogen and oxygen atoms in total. The summed E-state index contributed by atoms with van der Waals surface area (Å²) < 4.78 is 0. The van der Waals surface area contributed by atoms with Crippen molar-refractivity contribution in [1.82, 2.24) is 4.98 Å². The Morgan fingerprint density at radius 2 is 2.14 bits per heavy atom. The molecule has 0 bridgehead atoms. The van der Waals surface area contributed by atoms with Crippen LogP contribution in [-0.4, -0.2) is 4.98 Å². The molecular weight excluding hydrogens is 190 g/mol. The molecule has 0 aliphatic heterocycles. The summed E-state index contributed by atoms with van der Waals surface area (Å²) in [5.74, 6) is 0.617. The molecule has 1 aliphatic carbocycles. The van der Waals surface area contributed by atoms with Crippen LogP contribution in [0.2, 0.25) is 0 Å². The Labute approximate surface area is 89.2 Å². The summed E-state index contributed by atoms with van der Waals surface area (Å²) in [6.45, 7) is 6.69. The summed E-state index contributed by atoms with van der Waals surface area (Å²) in [7, 11) is 0. The highest BCUT2D eigenvalue weighted by atomic mass is 32.1. The molecule has 1 aliphatic rings. The Balaban J connectivity index is 2.48. The van der Waals surface area contributed by atoms with Gasteiger partial charge in [-0.1, -0.05) is 25.0 Å². The Hall–Kier alpha value is -0.890. The van der Waals surface area contributed by atoms with Crippen LogP contribution in [-0.2, 0) is 0 Å². The lowest BCUT2D eigenvalue weighted by molar-refractivity contribution is 0.746. The summed E-state index contributed by atoms with van der Waals surface area (Å²) in [6, 6.07) is 0. The minimum absolute atomic E-state index is 0.617. The van der Waals surface area contributed by atoms with E-state index in [4.69, 9.17) is 0 Å². The molecule has 74 valence electrons. The lowest BCUT2D eigenvalue weighted by Gasteiger charge is -2.09. The standard InChI is InChI=1S/C12H15NS/c1-8(2)10-4-9(3)5-12-11(6-10)13-7-14-12/h5-8H,4H2,1-3H3. The van der Waals surface area contributed by atoms with Gasteiger partial charge in [-0.3, -0.25) is 0 Å². The molecule has 0 unspecified atom stereocenters. The van der Waals surface area contributed by atoms with Crippen LogP contribution in [0.1, 0.15) is 37.8 Å². The van der Waals surface area contributed by atoms with Crippen LogP contribution < -0.4 is 0 Å². The monoisotopic (exact) mass is 205 g/mol. The predicted molar refractivity (Wildman–Crippen MR) is 63.2 cm³/mol. The predicted octanol–water partition coefficient (Wildman–Crippen LogP) is 3.99. The lowest BCUT2D eigenvalue weighted by Crippen LogP contribution is -1.93. The van der Waals surface area contributed by atoms with Gasteiger partial charge in [-0.15, -0.1) is 11.3 Å². The van der Waals surface area contributed by atoms with Crippen LogP contribution in [0, 0.1) is 5.92 Å². The topological polar surface area (TPSA) is 12.9 Å². The molecule has 0 saturated carbocycles. The van der Waals surface area contributed by atoms with Gasteiger partial charge in [-0.25, -0.2) is 4.98 Å². The molecule has 2 rings (SSSR count). The van der Waals surface area contributed by atoms with E-state index in [1.54, 1.807) is 11.3 Å². The maximum atomic E-state index is 4.38. The third-order valence-electron chi connectivity index (χ3n) is 2.55. The highest BCUT2D eigenvalue weighted by Crippen LogP contribution is 2.30. The maximum Gasteiger partial charge on any atom is 0.0811 e. The minimum Gasteiger partial charge on any atom is -0.245 e. The van der Waals surface area contributed by atoms with Crippen LogP contribution in [0.15, 0.2) is 16.7 Å². The number of rotatable bonds is 1. The fourth-order valence-electron chi connectivity index (χ4n) is 1.67. The van der Waals surface area contributed by atoms with E-state index in [1.807, 2.05) is 5.51 Å². The first-order valence-corrected chi connectivity index (χ1v) is 5.86. The summed E-state index contributed by atoms with van der Waals surface area (Å²) in [5.41, 5.74) is 6.00. The van der Waals surface area contributed by atoms with Gasteiger partial charge in [-0.05, 0) is 31.4 Å². The van der Waals surface area contributed by atoms with Crippen molar-refractivity contribution in [3.05, 3.63) is 27.2 Å². The van der Waals surface area contributed by atoms with E-state index in [0.29, 0.717) is 5.92 Å². The molecule has 0 radical (unpaired) electrons. The molecule has 1 aromatic rings. The first-order valence-electron chi connectivity index (χ1n) is 4.98. The quantitative estimate of drug-likeness (QED) is 0.675. The van der Waals surface area contributed by atoms with Gasteiger partial charge in [0.05, 0.1) is 16.1 Å². The summed E-state index contributed by atoms with van der Waals surface area (Å²) in [4.78, 5) is 5.69. The van der Waals surface area contributed by atoms with Gasteiger partial charge in [0, 0.05) is 0 Å². The Morgan fingerprint density at radius 1 is 1.36 bits per heavy atom. The van der Waals surface area contributed by atoms with E-state index >= 15 is 0 Å². The fraction of sp³-hybridized carbons (Fsp3) is 0.417. The van der Waals surface area contributed by atoms with Gasteiger partial charge >= 0.3 is 0 Å². The van der Waals surface area contributed by atoms with Gasteiger partial charge in [0.1, 0.15) is 0 Å². The van der Waals surface area contributed by atoms with Crippen LogP contribution in [0.25, 0.3) is 12.2 Å². The summed E-state index contributed by atoms with van der Waals surface area (Å²) in [5, 5.41) is 0. The molecule has 14 heavy (non-hydrogen) atoms. The SMILES string of the molecule is CC1=Cc2scnc2C=C(C(C)C)C1. The van der Waals surface area contributed by atoms with Crippen LogP contribution in [0.5, 0.6) is 0 Å². The van der Waals surface area contributed by atoms with Crippen molar-refractivity contribution in [2.45, 2.75) is 27.2 Å². The summed E-state index contributed by atoms with van der Waals surface area (Å²) in [6.07, 6.45) is 5.61. The number of allylic oxidation sites excluding steroid dienone is 2. The Bertz CT molecular complexity index is 396. The molecular formula is C12H15NS. The molecule has 0 spiro atoms. The molecule has 0 atom stereocenters. The second-order valence-corrected chi connectivity index (χ2v) is 5.03. The van der Waals surface area contributed by atoms with Crippen molar-refractivity contribution in [3.63, 3.8) is 0 Å². The fourth-order valence-corrected chi connectivity index (χ4v) is 2.46. The van der Waals surface area contributed by atoms with Crippen molar-refractivity contribution in [2.75, 3.05) is 0 Å². The van der Waals surface area contributed by atoms with Crippen molar-refractivity contribution in [2.24, 2.45) is 5.92 Å². The molecule has 0 aromatic carbocycles. The molecule has 0 N–H and O–H groups in total. The number of thiazole rings is 1. The Morgan fingerprint density at radius 3 is 2.86 bits per heavy atom. The van der Waals surface area contributed by atoms with E-state index in [1.165, 1.54) is 16.0 Å². The van der Waals surface area contributed by atoms with Crippen molar-refractivity contribution >= 4 is 23.5 Å². The number of aromatic nitrogens is 1. The van der Waals surface area contributed by atoms with Crippen molar-refractivity contribution < 1.29 is 0 Å². The number of hydrogen-bond donors (Lipinski definition) is 0. The molecule has 0 fully saturated rings. The normalized spacial score (nSPS) is 16.0. The second-order valence-electron chi connectivity index (χ2n) is 4.14. The van der Waals surface area contributed by atoms with Gasteiger partial charge in [0.25, 0.3) is 0 Å². The maximum absolute atomic E-state index is 4.38. The number of hydrogen-bond acceptors (Lipinski definition) is 2. The van der Waals surface area contributed by atoms with Gasteiger partial charge in [-0.2, -0.15) is 0 Å². The number of nitrogens with zero attached hydrogens (tertiary/aromatic N) is 1. The minimum atomic E-state index is 0.617. The van der Waals surface area contributed by atoms with E-state index < -0.39 is 0 Å². The molecule has 0 amide bonds. The second kappa shape index (κ2) is 3.70. The van der Waals surface area contributed by atoms with E-state index in [0.717, 1.165) is 12.1 Å². The van der Waals surface area contributed by atoms with Crippen molar-refractivity contribution in [1.29, 1.82) is 0 Å². The first-order chi connectivity index (χ1) is 6.66. The average molecular weight is 205 g/mol. The summed E-state index contributed by atoms with van der Waals surface area (Å²) >= 11 is 1.72. The van der Waals surface area contributed by atoms with Crippen LogP contribution >= 0.6 is 11.3 Å².